The summed E-state index contributed by atoms with van der Waals surface area (Å²) in [5.74, 6) is -2.15. The van der Waals surface area contributed by atoms with Gasteiger partial charge in [-0.1, -0.05) is 309 Å². The monoisotopic (exact) mass is 1350 g/mol. The minimum Gasteiger partial charge on any atom is -0.462 e. The van der Waals surface area contributed by atoms with E-state index >= 15 is 0 Å². The fourth-order valence-electron chi connectivity index (χ4n) is 10.7. The zero-order chi connectivity index (χ0) is 67.5. The molecular formula is C73H138O17P2. The van der Waals surface area contributed by atoms with Gasteiger partial charge in [0.05, 0.1) is 26.4 Å². The molecule has 0 heterocycles. The highest BCUT2D eigenvalue weighted by Crippen LogP contribution is 2.45. The topological polar surface area (TPSA) is 237 Å². The molecule has 0 saturated heterocycles. The van der Waals surface area contributed by atoms with E-state index in [1.54, 1.807) is 0 Å². The fourth-order valence-corrected chi connectivity index (χ4v) is 12.3. The lowest BCUT2D eigenvalue weighted by molar-refractivity contribution is -0.161. The van der Waals surface area contributed by atoms with Crippen molar-refractivity contribution in [1.82, 2.24) is 0 Å². The number of unbranched alkanes of at least 4 members (excludes halogenated alkanes) is 43. The zero-order valence-corrected chi connectivity index (χ0v) is 60.8. The molecule has 2 unspecified atom stereocenters. The molecule has 0 aliphatic carbocycles. The van der Waals surface area contributed by atoms with Crippen LogP contribution in [0.2, 0.25) is 0 Å². The normalized spacial score (nSPS) is 14.1. The maximum Gasteiger partial charge on any atom is 0.472 e. The highest BCUT2D eigenvalue weighted by atomic mass is 31.2. The minimum absolute atomic E-state index is 0.102. The molecule has 0 radical (unpaired) electrons. The standard InChI is InChI=1S/C73H138O17P2/c1-5-9-13-17-21-24-27-29-31-32-33-34-35-37-39-41-44-48-52-56-60-73(78)90-69(64-84-71(76)58-54-50-46-43-40-38-36-30-28-25-22-18-14-10-6-2)66-88-92(81,82)86-62-67(74)61-85-91(79,80)87-65-68(63-83-70(75)57-53-49-45-20-16-12-8-4)89-72(77)59-55-51-47-42-26-23-19-15-11-7-3/h25,28,30,36,67-69,74H,5-24,26-27,29,31-35,37-66H2,1-4H3,(H,79,80)(H,81,82)/b28-25-,36-30-/t67-,68+,69+/m0/s1. The number of esters is 4. The summed E-state index contributed by atoms with van der Waals surface area (Å²) in [5, 5.41) is 10.6. The van der Waals surface area contributed by atoms with E-state index in [1.165, 1.54) is 161 Å². The first-order valence-corrected chi connectivity index (χ1v) is 40.6. The lowest BCUT2D eigenvalue weighted by Crippen LogP contribution is -2.30. The molecule has 0 amide bonds. The maximum absolute atomic E-state index is 13.0. The van der Waals surface area contributed by atoms with Gasteiger partial charge in [0.1, 0.15) is 19.3 Å². The van der Waals surface area contributed by atoms with Crippen molar-refractivity contribution in [2.75, 3.05) is 39.6 Å². The SMILES string of the molecule is CCCCCC/C=C\C=C/CCCCCCCC(=O)OC[C@H](COP(=O)(O)OC[C@@H](O)COP(=O)(O)OC[C@@H](COC(=O)CCCCCCCCC)OC(=O)CCCCCCCCCCCC)OC(=O)CCCCCCCCCCCCCCCCCCCCCC. The molecule has 0 rings (SSSR count). The first kappa shape index (κ1) is 89.5. The van der Waals surface area contributed by atoms with Crippen LogP contribution >= 0.6 is 15.6 Å². The summed E-state index contributed by atoms with van der Waals surface area (Å²) >= 11 is 0. The summed E-state index contributed by atoms with van der Waals surface area (Å²) in [4.78, 5) is 72.4. The van der Waals surface area contributed by atoms with E-state index in [9.17, 15) is 43.2 Å². The Morgan fingerprint density at radius 3 is 0.793 bits per heavy atom. The highest BCUT2D eigenvalue weighted by Gasteiger charge is 2.30. The Bertz CT molecular complexity index is 1850. The van der Waals surface area contributed by atoms with Crippen LogP contribution < -0.4 is 0 Å². The Kier molecular flexibility index (Phi) is 65.3. The molecule has 0 aromatic heterocycles. The molecule has 0 saturated carbocycles. The number of rotatable bonds is 72. The second-order valence-electron chi connectivity index (χ2n) is 25.6. The van der Waals surface area contributed by atoms with Crippen molar-refractivity contribution < 1.29 is 80.2 Å². The molecule has 542 valence electrons. The van der Waals surface area contributed by atoms with Crippen molar-refractivity contribution in [3.8, 4) is 0 Å². The summed E-state index contributed by atoms with van der Waals surface area (Å²) in [6.45, 7) is 4.84. The second-order valence-corrected chi connectivity index (χ2v) is 28.6. The number of phosphoric acid groups is 2. The number of ether oxygens (including phenoxy) is 4. The molecule has 0 aromatic rings. The van der Waals surface area contributed by atoms with Crippen LogP contribution in [-0.4, -0.2) is 96.7 Å². The first-order valence-electron chi connectivity index (χ1n) is 37.6. The fraction of sp³-hybridized carbons (Fsp3) is 0.890. The van der Waals surface area contributed by atoms with Gasteiger partial charge in [-0.25, -0.2) is 9.13 Å². The number of aliphatic hydroxyl groups is 1. The van der Waals surface area contributed by atoms with Crippen molar-refractivity contribution in [3.63, 3.8) is 0 Å². The van der Waals surface area contributed by atoms with Crippen LogP contribution in [0, 0.1) is 0 Å². The molecule has 17 nitrogen and oxygen atoms in total. The Hall–Kier alpha value is -2.46. The van der Waals surface area contributed by atoms with Crippen LogP contribution in [0.5, 0.6) is 0 Å². The van der Waals surface area contributed by atoms with E-state index in [2.05, 4.69) is 52.0 Å². The summed E-state index contributed by atoms with van der Waals surface area (Å²) in [6.07, 6.45) is 59.3. The Balaban J connectivity index is 5.20. The zero-order valence-electron chi connectivity index (χ0n) is 59.0. The van der Waals surface area contributed by atoms with Gasteiger partial charge in [0, 0.05) is 25.7 Å². The van der Waals surface area contributed by atoms with Gasteiger partial charge in [0.15, 0.2) is 12.2 Å². The van der Waals surface area contributed by atoms with Crippen LogP contribution in [0.3, 0.4) is 0 Å². The Morgan fingerprint density at radius 1 is 0.304 bits per heavy atom. The van der Waals surface area contributed by atoms with E-state index in [-0.39, 0.29) is 25.7 Å². The quantitative estimate of drug-likeness (QED) is 0.0169. The Labute approximate surface area is 561 Å². The van der Waals surface area contributed by atoms with Crippen molar-refractivity contribution >= 4 is 39.5 Å². The maximum atomic E-state index is 13.0. The van der Waals surface area contributed by atoms with Crippen LogP contribution in [0.15, 0.2) is 24.3 Å². The minimum atomic E-state index is -4.96. The van der Waals surface area contributed by atoms with Crippen molar-refractivity contribution in [3.05, 3.63) is 24.3 Å². The van der Waals surface area contributed by atoms with Crippen LogP contribution in [0.4, 0.5) is 0 Å². The summed E-state index contributed by atoms with van der Waals surface area (Å²) in [7, 11) is -9.91. The molecule has 19 heteroatoms. The number of carbonyl (C=O) groups is 4. The van der Waals surface area contributed by atoms with Gasteiger partial charge in [-0.15, -0.1) is 0 Å². The first-order chi connectivity index (χ1) is 44.7. The van der Waals surface area contributed by atoms with Gasteiger partial charge >= 0.3 is 39.5 Å². The van der Waals surface area contributed by atoms with E-state index in [0.29, 0.717) is 25.7 Å². The predicted octanol–water partition coefficient (Wildman–Crippen LogP) is 21.0. The molecule has 0 bridgehead atoms. The van der Waals surface area contributed by atoms with Crippen LogP contribution in [0.1, 0.15) is 362 Å². The summed E-state index contributed by atoms with van der Waals surface area (Å²) in [5.41, 5.74) is 0. The number of aliphatic hydroxyl groups excluding tert-OH is 1. The third-order valence-corrected chi connectivity index (χ3v) is 18.4. The molecular weight excluding hydrogens is 1210 g/mol. The molecule has 0 spiro atoms. The van der Waals surface area contributed by atoms with E-state index < -0.39 is 97.5 Å². The lowest BCUT2D eigenvalue weighted by Gasteiger charge is -2.21. The highest BCUT2D eigenvalue weighted by molar-refractivity contribution is 7.47. The number of hydrogen-bond donors (Lipinski definition) is 3. The summed E-state index contributed by atoms with van der Waals surface area (Å²) in [6, 6.07) is 0. The van der Waals surface area contributed by atoms with Gasteiger partial charge in [-0.2, -0.15) is 0 Å². The Morgan fingerprint density at radius 2 is 0.522 bits per heavy atom. The van der Waals surface area contributed by atoms with Crippen LogP contribution in [-0.2, 0) is 65.4 Å². The number of phosphoric ester groups is 2. The second kappa shape index (κ2) is 67.1. The van der Waals surface area contributed by atoms with Gasteiger partial charge < -0.3 is 33.8 Å². The molecule has 0 aliphatic heterocycles. The summed E-state index contributed by atoms with van der Waals surface area (Å²) < 4.78 is 68.2. The molecule has 92 heavy (non-hydrogen) atoms. The van der Waals surface area contributed by atoms with E-state index in [1.807, 2.05) is 0 Å². The number of hydrogen-bond acceptors (Lipinski definition) is 15. The van der Waals surface area contributed by atoms with Gasteiger partial charge in [-0.3, -0.25) is 37.3 Å². The van der Waals surface area contributed by atoms with Gasteiger partial charge in [-0.05, 0) is 51.4 Å². The van der Waals surface area contributed by atoms with Gasteiger partial charge in [0.25, 0.3) is 0 Å². The largest absolute Gasteiger partial charge is 0.472 e. The van der Waals surface area contributed by atoms with E-state index in [4.69, 9.17) is 37.0 Å². The predicted molar refractivity (Wildman–Crippen MR) is 372 cm³/mol. The van der Waals surface area contributed by atoms with Crippen molar-refractivity contribution in [1.29, 1.82) is 0 Å². The molecule has 0 fully saturated rings. The third kappa shape index (κ3) is 66.2. The van der Waals surface area contributed by atoms with Gasteiger partial charge in [0.2, 0.25) is 0 Å². The van der Waals surface area contributed by atoms with E-state index in [0.717, 1.165) is 122 Å². The van der Waals surface area contributed by atoms with Crippen LogP contribution in [0.25, 0.3) is 0 Å². The number of allylic oxidation sites excluding steroid dienone is 4. The smallest absolute Gasteiger partial charge is 0.462 e. The number of carbonyl (C=O) groups excluding carboxylic acids is 4. The lowest BCUT2D eigenvalue weighted by atomic mass is 10.0. The average molecular weight is 1350 g/mol. The molecule has 3 N–H and O–H groups in total. The average Bonchev–Trinajstić information content (AvgIpc) is 1.56. The van der Waals surface area contributed by atoms with Crippen molar-refractivity contribution in [2.45, 2.75) is 380 Å². The third-order valence-electron chi connectivity index (χ3n) is 16.5. The molecule has 0 aliphatic rings. The molecule has 0 aromatic carbocycles. The molecule has 5 atom stereocenters. The van der Waals surface area contributed by atoms with Crippen molar-refractivity contribution in [2.24, 2.45) is 0 Å².